The summed E-state index contributed by atoms with van der Waals surface area (Å²) >= 11 is 5.63. The van der Waals surface area contributed by atoms with Crippen LogP contribution in [0, 0.1) is 0 Å². The van der Waals surface area contributed by atoms with Gasteiger partial charge in [-0.1, -0.05) is 68.9 Å². The molecule has 0 aliphatic carbocycles. The normalized spacial score (nSPS) is 11.7. The van der Waals surface area contributed by atoms with Crippen molar-refractivity contribution in [1.29, 1.82) is 0 Å². The zero-order chi connectivity index (χ0) is 15.4. The van der Waals surface area contributed by atoms with Gasteiger partial charge in [-0.15, -0.1) is 11.6 Å². The Morgan fingerprint density at radius 1 is 0.762 bits per heavy atom. The molecule has 2 nitrogen and oxygen atoms in total. The van der Waals surface area contributed by atoms with Crippen molar-refractivity contribution in [2.75, 3.05) is 11.6 Å². The molecule has 0 unspecified atom stereocenters. The molecule has 1 aromatic rings. The van der Waals surface area contributed by atoms with Gasteiger partial charge in [0.2, 0.25) is 0 Å². The van der Waals surface area contributed by atoms with Gasteiger partial charge in [0, 0.05) is 5.88 Å². The first-order valence-electron chi connectivity index (χ1n) is 7.94. The summed E-state index contributed by atoms with van der Waals surface area (Å²) in [7, 11) is -2.95. The number of sulfone groups is 1. The number of hydrogen-bond acceptors (Lipinski definition) is 2. The number of benzene rings is 1. The summed E-state index contributed by atoms with van der Waals surface area (Å²) in [6, 6.07) is 9.42. The van der Waals surface area contributed by atoms with Gasteiger partial charge in [-0.3, -0.25) is 0 Å². The summed E-state index contributed by atoms with van der Waals surface area (Å²) in [6.45, 7) is 0. The van der Waals surface area contributed by atoms with Crippen LogP contribution in [-0.4, -0.2) is 20.1 Å². The standard InChI is InChI=1S/C17H27ClO2S/c18-14-10-5-3-1-2-4-6-11-15-21(19,20)16-17-12-8-7-9-13-17/h7-9,12-13H,1-6,10-11,14-16H2. The van der Waals surface area contributed by atoms with Crippen molar-refractivity contribution in [1.82, 2.24) is 0 Å². The van der Waals surface area contributed by atoms with Crippen molar-refractivity contribution in [3.05, 3.63) is 35.9 Å². The third kappa shape index (κ3) is 9.92. The number of rotatable bonds is 12. The second kappa shape index (κ2) is 11.1. The molecule has 0 saturated heterocycles. The molecule has 0 aromatic heterocycles. The van der Waals surface area contributed by atoms with E-state index in [4.69, 9.17) is 11.6 Å². The molecule has 21 heavy (non-hydrogen) atoms. The molecule has 1 rings (SSSR count). The van der Waals surface area contributed by atoms with Crippen molar-refractivity contribution in [3.8, 4) is 0 Å². The van der Waals surface area contributed by atoms with E-state index >= 15 is 0 Å². The molecule has 0 atom stereocenters. The lowest BCUT2D eigenvalue weighted by atomic mass is 10.1. The highest BCUT2D eigenvalue weighted by Crippen LogP contribution is 2.12. The zero-order valence-electron chi connectivity index (χ0n) is 12.8. The predicted molar refractivity (Wildman–Crippen MR) is 91.6 cm³/mol. The summed E-state index contributed by atoms with van der Waals surface area (Å²) < 4.78 is 24.0. The third-order valence-corrected chi connectivity index (χ3v) is 5.52. The molecule has 0 radical (unpaired) electrons. The Hall–Kier alpha value is -0.540. The largest absolute Gasteiger partial charge is 0.228 e. The van der Waals surface area contributed by atoms with Gasteiger partial charge >= 0.3 is 0 Å². The third-order valence-electron chi connectivity index (χ3n) is 3.57. The van der Waals surface area contributed by atoms with Gasteiger partial charge in [-0.25, -0.2) is 8.42 Å². The maximum absolute atomic E-state index is 12.0. The Kier molecular flexibility index (Phi) is 9.77. The average molecular weight is 331 g/mol. The van der Waals surface area contributed by atoms with Crippen LogP contribution in [-0.2, 0) is 15.6 Å². The minimum atomic E-state index is -2.95. The van der Waals surface area contributed by atoms with Crippen LogP contribution in [0.5, 0.6) is 0 Å². The number of alkyl halides is 1. The Balaban J connectivity index is 2.06. The van der Waals surface area contributed by atoms with Crippen LogP contribution in [0.3, 0.4) is 0 Å². The van der Waals surface area contributed by atoms with Crippen molar-refractivity contribution in [2.45, 2.75) is 57.1 Å². The lowest BCUT2D eigenvalue weighted by Gasteiger charge is -2.05. The van der Waals surface area contributed by atoms with E-state index in [1.54, 1.807) is 0 Å². The Morgan fingerprint density at radius 2 is 1.29 bits per heavy atom. The lowest BCUT2D eigenvalue weighted by Crippen LogP contribution is -2.09. The minimum absolute atomic E-state index is 0.173. The van der Waals surface area contributed by atoms with Gasteiger partial charge < -0.3 is 0 Å². The van der Waals surface area contributed by atoms with E-state index in [9.17, 15) is 8.42 Å². The fourth-order valence-electron chi connectivity index (χ4n) is 2.38. The Labute approximate surface area is 134 Å². The molecule has 0 amide bonds. The number of halogens is 1. The van der Waals surface area contributed by atoms with E-state index in [0.29, 0.717) is 5.75 Å². The molecule has 0 bridgehead atoms. The first kappa shape index (κ1) is 18.5. The van der Waals surface area contributed by atoms with Gasteiger partial charge in [0.05, 0.1) is 11.5 Å². The quantitative estimate of drug-likeness (QED) is 0.401. The van der Waals surface area contributed by atoms with E-state index < -0.39 is 9.84 Å². The first-order valence-corrected chi connectivity index (χ1v) is 10.3. The highest BCUT2D eigenvalue weighted by Gasteiger charge is 2.11. The summed E-state index contributed by atoms with van der Waals surface area (Å²) in [5, 5.41) is 0. The zero-order valence-corrected chi connectivity index (χ0v) is 14.3. The van der Waals surface area contributed by atoms with Crippen LogP contribution in [0.2, 0.25) is 0 Å². The molecule has 0 aliphatic rings. The molecule has 4 heteroatoms. The minimum Gasteiger partial charge on any atom is -0.228 e. The van der Waals surface area contributed by atoms with E-state index in [2.05, 4.69) is 0 Å². The van der Waals surface area contributed by atoms with Crippen molar-refractivity contribution in [3.63, 3.8) is 0 Å². The fourth-order valence-corrected chi connectivity index (χ4v) is 4.06. The van der Waals surface area contributed by atoms with E-state index in [0.717, 1.165) is 37.1 Å². The summed E-state index contributed by atoms with van der Waals surface area (Å²) in [6.07, 6.45) is 8.98. The van der Waals surface area contributed by atoms with Crippen LogP contribution in [0.15, 0.2) is 30.3 Å². The lowest BCUT2D eigenvalue weighted by molar-refractivity contribution is 0.572. The molecule has 120 valence electrons. The summed E-state index contributed by atoms with van der Waals surface area (Å²) in [5.74, 6) is 1.25. The first-order chi connectivity index (χ1) is 10.1. The summed E-state index contributed by atoms with van der Waals surface area (Å²) in [4.78, 5) is 0. The fraction of sp³-hybridized carbons (Fsp3) is 0.647. The monoisotopic (exact) mass is 330 g/mol. The van der Waals surface area contributed by atoms with Crippen LogP contribution < -0.4 is 0 Å². The van der Waals surface area contributed by atoms with Gasteiger partial charge in [0.1, 0.15) is 0 Å². The average Bonchev–Trinajstić information content (AvgIpc) is 2.46. The number of hydrogen-bond donors (Lipinski definition) is 0. The second-order valence-electron chi connectivity index (χ2n) is 5.60. The molecule has 0 spiro atoms. The van der Waals surface area contributed by atoms with Gasteiger partial charge in [-0.05, 0) is 18.4 Å². The van der Waals surface area contributed by atoms with Gasteiger partial charge in [0.25, 0.3) is 0 Å². The van der Waals surface area contributed by atoms with E-state index in [-0.39, 0.29) is 5.75 Å². The maximum Gasteiger partial charge on any atom is 0.154 e. The van der Waals surface area contributed by atoms with Crippen molar-refractivity contribution in [2.24, 2.45) is 0 Å². The van der Waals surface area contributed by atoms with Crippen molar-refractivity contribution >= 4 is 21.4 Å². The molecule has 1 aromatic carbocycles. The van der Waals surface area contributed by atoms with Crippen molar-refractivity contribution < 1.29 is 8.42 Å². The number of unbranched alkanes of at least 4 members (excludes halogenated alkanes) is 7. The maximum atomic E-state index is 12.0. The van der Waals surface area contributed by atoms with E-state index in [1.807, 2.05) is 30.3 Å². The molecule has 0 saturated carbocycles. The molecule has 0 aliphatic heterocycles. The second-order valence-corrected chi connectivity index (χ2v) is 8.16. The smallest absolute Gasteiger partial charge is 0.154 e. The molecular weight excluding hydrogens is 304 g/mol. The highest BCUT2D eigenvalue weighted by atomic mass is 35.5. The molecular formula is C17H27ClO2S. The Morgan fingerprint density at radius 3 is 1.86 bits per heavy atom. The predicted octanol–water partition coefficient (Wildman–Crippen LogP) is 4.96. The molecule has 0 heterocycles. The highest BCUT2D eigenvalue weighted by molar-refractivity contribution is 7.90. The molecule has 0 N–H and O–H groups in total. The van der Waals surface area contributed by atoms with Gasteiger partial charge in [-0.2, -0.15) is 0 Å². The van der Waals surface area contributed by atoms with Crippen LogP contribution in [0.25, 0.3) is 0 Å². The van der Waals surface area contributed by atoms with E-state index in [1.165, 1.54) is 25.7 Å². The topological polar surface area (TPSA) is 34.1 Å². The van der Waals surface area contributed by atoms with Gasteiger partial charge in [0.15, 0.2) is 9.84 Å². The SMILES string of the molecule is O=S(=O)(CCCCCCCCCCCl)Cc1ccccc1. The van der Waals surface area contributed by atoms with Crippen LogP contribution in [0.1, 0.15) is 56.9 Å². The van der Waals surface area contributed by atoms with Crippen LogP contribution in [0.4, 0.5) is 0 Å². The Bertz CT molecular complexity index is 457. The molecule has 0 fully saturated rings. The van der Waals surface area contributed by atoms with Crippen LogP contribution >= 0.6 is 11.6 Å². The summed E-state index contributed by atoms with van der Waals surface area (Å²) in [5.41, 5.74) is 0.886.